The molecule has 0 amide bonds. The SMILES string of the molecule is C[C@]12CC/C(=N/OCCN)CC1OCC[C@@H]1[C@@H]2CC[C@]2(C)C(=O)CC[C@@H]12.Cl. The van der Waals surface area contributed by atoms with Gasteiger partial charge in [-0.05, 0) is 61.7 Å². The zero-order valence-electron chi connectivity index (χ0n) is 16.7. The Morgan fingerprint density at radius 2 is 2.00 bits per heavy atom. The Morgan fingerprint density at radius 3 is 2.78 bits per heavy atom. The number of carbonyl (C=O) groups excluding carboxylic acids is 1. The molecule has 0 aromatic rings. The molecule has 1 aliphatic heterocycles. The highest BCUT2D eigenvalue weighted by molar-refractivity contribution is 5.87. The fourth-order valence-electron chi connectivity index (χ4n) is 6.70. The maximum Gasteiger partial charge on any atom is 0.139 e. The van der Waals surface area contributed by atoms with Crippen molar-refractivity contribution in [1.82, 2.24) is 0 Å². The van der Waals surface area contributed by atoms with E-state index in [0.717, 1.165) is 57.3 Å². The highest BCUT2D eigenvalue weighted by Gasteiger charge is 2.59. The van der Waals surface area contributed by atoms with Gasteiger partial charge in [0, 0.05) is 31.4 Å². The molecule has 0 bridgehead atoms. The van der Waals surface area contributed by atoms with Crippen molar-refractivity contribution < 1.29 is 14.4 Å². The number of hydrogen-bond donors (Lipinski definition) is 1. The van der Waals surface area contributed by atoms with Crippen LogP contribution in [0.2, 0.25) is 0 Å². The van der Waals surface area contributed by atoms with Crippen LogP contribution in [-0.2, 0) is 14.4 Å². The van der Waals surface area contributed by atoms with Gasteiger partial charge in [0.15, 0.2) is 0 Å². The van der Waals surface area contributed by atoms with Gasteiger partial charge in [0.05, 0.1) is 11.8 Å². The van der Waals surface area contributed by atoms with E-state index in [1.165, 1.54) is 6.42 Å². The summed E-state index contributed by atoms with van der Waals surface area (Å²) in [6, 6.07) is 0. The number of ether oxygens (including phenoxy) is 1. The number of nitrogens with zero attached hydrogens (tertiary/aromatic N) is 1. The van der Waals surface area contributed by atoms with Crippen LogP contribution in [0.15, 0.2) is 5.16 Å². The lowest BCUT2D eigenvalue weighted by Gasteiger charge is -2.53. The smallest absolute Gasteiger partial charge is 0.139 e. The fourth-order valence-corrected chi connectivity index (χ4v) is 6.70. The average Bonchev–Trinajstić information content (AvgIpc) is 2.84. The molecule has 6 heteroatoms. The van der Waals surface area contributed by atoms with Gasteiger partial charge in [0.25, 0.3) is 0 Å². The maximum atomic E-state index is 12.6. The van der Waals surface area contributed by atoms with Crippen LogP contribution in [0.1, 0.15) is 65.2 Å². The van der Waals surface area contributed by atoms with E-state index in [2.05, 4.69) is 19.0 Å². The van der Waals surface area contributed by atoms with Crippen LogP contribution in [0.25, 0.3) is 0 Å². The second kappa shape index (κ2) is 8.00. The third-order valence-corrected chi connectivity index (χ3v) is 8.27. The van der Waals surface area contributed by atoms with Crippen molar-refractivity contribution in [2.24, 2.45) is 39.5 Å². The number of ketones is 1. The molecule has 2 N–H and O–H groups in total. The minimum Gasteiger partial charge on any atom is -0.395 e. The molecular weight excluding hydrogens is 364 g/mol. The number of rotatable bonds is 3. The van der Waals surface area contributed by atoms with E-state index in [1.54, 1.807) is 0 Å². The molecule has 1 unspecified atom stereocenters. The average molecular weight is 399 g/mol. The van der Waals surface area contributed by atoms with Crippen molar-refractivity contribution in [2.75, 3.05) is 19.8 Å². The van der Waals surface area contributed by atoms with Gasteiger partial charge in [-0.15, -0.1) is 12.4 Å². The maximum absolute atomic E-state index is 12.6. The lowest BCUT2D eigenvalue weighted by atomic mass is 9.51. The molecule has 0 spiro atoms. The highest BCUT2D eigenvalue weighted by atomic mass is 35.5. The largest absolute Gasteiger partial charge is 0.395 e. The van der Waals surface area contributed by atoms with Crippen LogP contribution in [0, 0.1) is 28.6 Å². The Kier molecular flexibility index (Phi) is 6.24. The summed E-state index contributed by atoms with van der Waals surface area (Å²) < 4.78 is 6.40. The van der Waals surface area contributed by atoms with E-state index in [0.29, 0.717) is 36.7 Å². The topological polar surface area (TPSA) is 73.9 Å². The van der Waals surface area contributed by atoms with E-state index >= 15 is 0 Å². The molecule has 0 radical (unpaired) electrons. The van der Waals surface area contributed by atoms with E-state index in [1.807, 2.05) is 0 Å². The second-order valence-corrected chi connectivity index (χ2v) is 9.43. The van der Waals surface area contributed by atoms with E-state index in [-0.39, 0.29) is 29.3 Å². The zero-order valence-corrected chi connectivity index (χ0v) is 17.6. The third kappa shape index (κ3) is 3.44. The molecule has 3 saturated carbocycles. The molecule has 6 atom stereocenters. The molecule has 0 aromatic carbocycles. The third-order valence-electron chi connectivity index (χ3n) is 8.27. The molecule has 3 aliphatic carbocycles. The highest BCUT2D eigenvalue weighted by Crippen LogP contribution is 2.62. The van der Waals surface area contributed by atoms with Gasteiger partial charge in [0.1, 0.15) is 12.4 Å². The molecule has 27 heavy (non-hydrogen) atoms. The zero-order chi connectivity index (χ0) is 18.4. The summed E-state index contributed by atoms with van der Waals surface area (Å²) in [4.78, 5) is 17.9. The fraction of sp³-hybridized carbons (Fsp3) is 0.905. The minimum absolute atomic E-state index is 0. The molecule has 5 nitrogen and oxygen atoms in total. The Hall–Kier alpha value is -0.650. The van der Waals surface area contributed by atoms with Gasteiger partial charge in [-0.3, -0.25) is 4.79 Å². The number of hydrogen-bond acceptors (Lipinski definition) is 5. The van der Waals surface area contributed by atoms with Crippen molar-refractivity contribution in [3.63, 3.8) is 0 Å². The standard InChI is InChI=1S/C21H34N2O3.ClH/c1-20-9-6-17-15(16(20)3-4-18(20)24)7-11-25-19-13-14(23-26-12-10-22)5-8-21(17,19)2;/h15-17,19H,3-13,22H2,1-2H3;1H/b23-14-;/t15-,16-,17-,19?,20-,21+;/m0./s1. The van der Waals surface area contributed by atoms with Crippen LogP contribution < -0.4 is 5.73 Å². The van der Waals surface area contributed by atoms with Gasteiger partial charge >= 0.3 is 0 Å². The second-order valence-electron chi connectivity index (χ2n) is 9.43. The lowest BCUT2D eigenvalue weighted by Crippen LogP contribution is -2.51. The Labute approximate surface area is 169 Å². The summed E-state index contributed by atoms with van der Waals surface area (Å²) in [6.07, 6.45) is 8.46. The first-order valence-electron chi connectivity index (χ1n) is 10.5. The van der Waals surface area contributed by atoms with Gasteiger partial charge in [0.2, 0.25) is 0 Å². The number of oxime groups is 1. The first kappa shape index (κ1) is 21.1. The van der Waals surface area contributed by atoms with Crippen LogP contribution in [-0.4, -0.2) is 37.4 Å². The summed E-state index contributed by atoms with van der Waals surface area (Å²) in [5.74, 6) is 2.39. The van der Waals surface area contributed by atoms with Gasteiger partial charge in [-0.25, -0.2) is 0 Å². The number of halogens is 1. The van der Waals surface area contributed by atoms with Gasteiger partial charge < -0.3 is 15.3 Å². The summed E-state index contributed by atoms with van der Waals surface area (Å²) in [5.41, 5.74) is 6.74. The van der Waals surface area contributed by atoms with E-state index in [9.17, 15) is 4.79 Å². The number of carbonyl (C=O) groups is 1. The number of nitrogens with two attached hydrogens (primary N) is 1. The summed E-state index contributed by atoms with van der Waals surface area (Å²) in [7, 11) is 0. The molecule has 1 heterocycles. The van der Waals surface area contributed by atoms with Crippen molar-refractivity contribution in [3.05, 3.63) is 0 Å². The van der Waals surface area contributed by atoms with Crippen LogP contribution in [0.3, 0.4) is 0 Å². The predicted octanol–water partition coefficient (Wildman–Crippen LogP) is 3.73. The molecule has 1 saturated heterocycles. The Balaban J connectivity index is 0.00000210. The van der Waals surface area contributed by atoms with E-state index in [4.69, 9.17) is 15.3 Å². The summed E-state index contributed by atoms with van der Waals surface area (Å²) in [5, 5.41) is 4.32. The van der Waals surface area contributed by atoms with Crippen LogP contribution >= 0.6 is 12.4 Å². The number of fused-ring (bicyclic) bond motifs is 5. The molecule has 0 aromatic heterocycles. The van der Waals surface area contributed by atoms with Crippen molar-refractivity contribution in [2.45, 2.75) is 71.3 Å². The summed E-state index contributed by atoms with van der Waals surface area (Å²) >= 11 is 0. The molecule has 4 aliphatic rings. The predicted molar refractivity (Wildman–Crippen MR) is 108 cm³/mol. The number of Topliss-reactive ketones (excluding diaryl/α,β-unsaturated/α-hetero) is 1. The first-order chi connectivity index (χ1) is 12.5. The Morgan fingerprint density at radius 1 is 1.19 bits per heavy atom. The molecule has 154 valence electrons. The first-order valence-corrected chi connectivity index (χ1v) is 10.5. The van der Waals surface area contributed by atoms with Gasteiger partial charge in [-0.2, -0.15) is 0 Å². The summed E-state index contributed by atoms with van der Waals surface area (Å²) in [6.45, 7) is 6.48. The van der Waals surface area contributed by atoms with Crippen LogP contribution in [0.4, 0.5) is 0 Å². The quantitative estimate of drug-likeness (QED) is 0.580. The van der Waals surface area contributed by atoms with E-state index < -0.39 is 0 Å². The van der Waals surface area contributed by atoms with Crippen molar-refractivity contribution in [1.29, 1.82) is 0 Å². The van der Waals surface area contributed by atoms with Crippen LogP contribution in [0.5, 0.6) is 0 Å². The molecule has 4 rings (SSSR count). The van der Waals surface area contributed by atoms with Crippen molar-refractivity contribution in [3.8, 4) is 0 Å². The monoisotopic (exact) mass is 398 g/mol. The molecular formula is C21H35ClN2O3. The van der Waals surface area contributed by atoms with Crippen molar-refractivity contribution >= 4 is 23.9 Å². The Bertz CT molecular complexity index is 598. The lowest BCUT2D eigenvalue weighted by molar-refractivity contribution is -0.132. The molecule has 4 fully saturated rings. The minimum atomic E-state index is -0.0608. The normalized spacial score (nSPS) is 45.3. The van der Waals surface area contributed by atoms with Gasteiger partial charge in [-0.1, -0.05) is 19.0 Å².